The fraction of sp³-hybridized carbons (Fsp3) is 0.143. The number of rotatable bonds is 2. The summed E-state index contributed by atoms with van der Waals surface area (Å²) in [5.41, 5.74) is 0.881. The Morgan fingerprint density at radius 3 is 1.74 bits per heavy atom. The van der Waals surface area contributed by atoms with Crippen molar-refractivity contribution < 1.29 is 12.6 Å². The van der Waals surface area contributed by atoms with Gasteiger partial charge in [0.05, 0.1) is 6.61 Å². The Morgan fingerprint density at radius 1 is 0.895 bits per heavy atom. The Morgan fingerprint density at radius 2 is 1.37 bits per heavy atom. The average molecular weight is 275 g/mol. The molecular weight excluding hydrogens is 262 g/mol. The standard InChI is InChI=1S/C14H13NO3S/c16-19(17)15-14(11-18-19,12-7-3-1-4-8-12)13-9-5-2-6-10-13/h1-10,15H,11H2. The van der Waals surface area contributed by atoms with E-state index in [4.69, 9.17) is 4.18 Å². The molecule has 0 unspecified atom stereocenters. The molecule has 2 aromatic carbocycles. The van der Waals surface area contributed by atoms with E-state index in [1.807, 2.05) is 60.7 Å². The molecule has 1 N–H and O–H groups in total. The zero-order chi connectivity index (χ0) is 13.3. The maximum atomic E-state index is 11.7. The Bertz CT molecular complexity index is 629. The van der Waals surface area contributed by atoms with Crippen LogP contribution in [0.4, 0.5) is 0 Å². The van der Waals surface area contributed by atoms with Crippen LogP contribution in [0, 0.1) is 0 Å². The lowest BCUT2D eigenvalue weighted by molar-refractivity contribution is 0.300. The van der Waals surface area contributed by atoms with Crippen molar-refractivity contribution in [1.82, 2.24) is 4.72 Å². The van der Waals surface area contributed by atoms with Gasteiger partial charge >= 0.3 is 10.3 Å². The van der Waals surface area contributed by atoms with Gasteiger partial charge in [-0.1, -0.05) is 60.7 Å². The van der Waals surface area contributed by atoms with Crippen LogP contribution in [0.3, 0.4) is 0 Å². The van der Waals surface area contributed by atoms with Gasteiger partial charge in [-0.05, 0) is 11.1 Å². The molecule has 5 heteroatoms. The first-order valence-electron chi connectivity index (χ1n) is 5.92. The van der Waals surface area contributed by atoms with E-state index < -0.39 is 15.8 Å². The van der Waals surface area contributed by atoms with E-state index in [-0.39, 0.29) is 6.61 Å². The normalized spacial score (nSPS) is 20.2. The first-order chi connectivity index (χ1) is 9.12. The van der Waals surface area contributed by atoms with E-state index in [1.165, 1.54) is 0 Å². The van der Waals surface area contributed by atoms with Gasteiger partial charge in [0, 0.05) is 0 Å². The van der Waals surface area contributed by atoms with Gasteiger partial charge in [-0.25, -0.2) is 0 Å². The van der Waals surface area contributed by atoms with Crippen molar-refractivity contribution in [3.05, 3.63) is 71.8 Å². The summed E-state index contributed by atoms with van der Waals surface area (Å²) in [5, 5.41) is 0. The summed E-state index contributed by atoms with van der Waals surface area (Å²) in [6, 6.07) is 18.9. The molecule has 4 nitrogen and oxygen atoms in total. The maximum Gasteiger partial charge on any atom is 0.337 e. The van der Waals surface area contributed by atoms with Gasteiger partial charge < -0.3 is 0 Å². The Hall–Kier alpha value is -1.69. The number of nitrogens with one attached hydrogen (secondary N) is 1. The monoisotopic (exact) mass is 275 g/mol. The Balaban J connectivity index is 2.18. The number of benzene rings is 2. The van der Waals surface area contributed by atoms with Gasteiger partial charge in [-0.2, -0.15) is 13.1 Å². The molecule has 1 saturated heterocycles. The lowest BCUT2D eigenvalue weighted by atomic mass is 9.84. The molecule has 0 spiro atoms. The highest BCUT2D eigenvalue weighted by atomic mass is 32.2. The molecular formula is C14H13NO3S. The molecule has 2 aromatic rings. The maximum absolute atomic E-state index is 11.7. The van der Waals surface area contributed by atoms with Crippen LogP contribution in [0.25, 0.3) is 0 Å². The molecule has 3 rings (SSSR count). The predicted molar refractivity (Wildman–Crippen MR) is 71.7 cm³/mol. The van der Waals surface area contributed by atoms with Gasteiger partial charge in [-0.15, -0.1) is 0 Å². The molecule has 98 valence electrons. The Kier molecular flexibility index (Phi) is 2.89. The zero-order valence-electron chi connectivity index (χ0n) is 10.1. The number of hydrogen-bond acceptors (Lipinski definition) is 3. The van der Waals surface area contributed by atoms with E-state index in [1.54, 1.807) is 0 Å². The second-order valence-corrected chi connectivity index (χ2v) is 5.80. The second-order valence-electron chi connectivity index (χ2n) is 4.46. The lowest BCUT2D eigenvalue weighted by Gasteiger charge is -2.27. The van der Waals surface area contributed by atoms with E-state index in [9.17, 15) is 8.42 Å². The van der Waals surface area contributed by atoms with E-state index in [0.29, 0.717) is 0 Å². The summed E-state index contributed by atoms with van der Waals surface area (Å²) in [6.45, 7) is 0.0589. The third-order valence-corrected chi connectivity index (χ3v) is 4.29. The molecule has 0 atom stereocenters. The molecule has 0 aromatic heterocycles. The van der Waals surface area contributed by atoms with Crippen molar-refractivity contribution in [3.63, 3.8) is 0 Å². The zero-order valence-corrected chi connectivity index (χ0v) is 10.9. The molecule has 1 aliphatic heterocycles. The van der Waals surface area contributed by atoms with Crippen LogP contribution in [-0.4, -0.2) is 15.0 Å². The molecule has 0 radical (unpaired) electrons. The van der Waals surface area contributed by atoms with Crippen molar-refractivity contribution >= 4 is 10.3 Å². The third-order valence-electron chi connectivity index (χ3n) is 3.26. The SMILES string of the molecule is O=S1(=O)NC(c2ccccc2)(c2ccccc2)CO1. The summed E-state index contributed by atoms with van der Waals surface area (Å²) < 4.78 is 30.9. The molecule has 0 aliphatic carbocycles. The molecule has 0 bridgehead atoms. The van der Waals surface area contributed by atoms with Crippen molar-refractivity contribution in [2.24, 2.45) is 0 Å². The molecule has 1 fully saturated rings. The third kappa shape index (κ3) is 2.16. The quantitative estimate of drug-likeness (QED) is 0.909. The summed E-state index contributed by atoms with van der Waals surface area (Å²) in [7, 11) is -3.70. The smallest absolute Gasteiger partial charge is 0.255 e. The van der Waals surface area contributed by atoms with Gasteiger partial charge in [-0.3, -0.25) is 4.18 Å². The fourth-order valence-corrected chi connectivity index (χ4v) is 3.45. The van der Waals surface area contributed by atoms with Crippen LogP contribution in [0.2, 0.25) is 0 Å². The van der Waals surface area contributed by atoms with E-state index >= 15 is 0 Å². The summed E-state index contributed by atoms with van der Waals surface area (Å²) in [4.78, 5) is 0. The summed E-state index contributed by atoms with van der Waals surface area (Å²) in [5.74, 6) is 0. The first-order valence-corrected chi connectivity index (χ1v) is 7.33. The van der Waals surface area contributed by atoms with Crippen LogP contribution in [0.15, 0.2) is 60.7 Å². The van der Waals surface area contributed by atoms with Gasteiger partial charge in [0.15, 0.2) is 0 Å². The number of hydrogen-bond donors (Lipinski definition) is 1. The first kappa shape index (κ1) is 12.3. The largest absolute Gasteiger partial charge is 0.337 e. The van der Waals surface area contributed by atoms with E-state index in [2.05, 4.69) is 4.72 Å². The highest BCUT2D eigenvalue weighted by Gasteiger charge is 2.45. The minimum absolute atomic E-state index is 0.0589. The fourth-order valence-electron chi connectivity index (χ4n) is 2.33. The second kappa shape index (κ2) is 4.45. The highest BCUT2D eigenvalue weighted by molar-refractivity contribution is 7.85. The van der Waals surface area contributed by atoms with Crippen LogP contribution in [-0.2, 0) is 20.0 Å². The van der Waals surface area contributed by atoms with Crippen molar-refractivity contribution in [1.29, 1.82) is 0 Å². The van der Waals surface area contributed by atoms with Crippen LogP contribution in [0.5, 0.6) is 0 Å². The molecule has 1 aliphatic rings. The van der Waals surface area contributed by atoms with Crippen LogP contribution >= 0.6 is 0 Å². The highest BCUT2D eigenvalue weighted by Crippen LogP contribution is 2.35. The van der Waals surface area contributed by atoms with Gasteiger partial charge in [0.2, 0.25) is 0 Å². The minimum Gasteiger partial charge on any atom is -0.255 e. The molecule has 0 saturated carbocycles. The van der Waals surface area contributed by atoms with Crippen molar-refractivity contribution in [2.45, 2.75) is 5.54 Å². The molecule has 19 heavy (non-hydrogen) atoms. The summed E-state index contributed by atoms with van der Waals surface area (Å²) in [6.07, 6.45) is 0. The van der Waals surface area contributed by atoms with E-state index in [0.717, 1.165) is 11.1 Å². The van der Waals surface area contributed by atoms with Crippen molar-refractivity contribution in [3.8, 4) is 0 Å². The lowest BCUT2D eigenvalue weighted by Crippen LogP contribution is -2.41. The Labute approximate surface area is 112 Å². The minimum atomic E-state index is -3.70. The van der Waals surface area contributed by atoms with Crippen LogP contribution in [0.1, 0.15) is 11.1 Å². The van der Waals surface area contributed by atoms with Gasteiger partial charge in [0.25, 0.3) is 0 Å². The van der Waals surface area contributed by atoms with Gasteiger partial charge in [0.1, 0.15) is 5.54 Å². The summed E-state index contributed by atoms with van der Waals surface area (Å²) >= 11 is 0. The molecule has 1 heterocycles. The van der Waals surface area contributed by atoms with Crippen molar-refractivity contribution in [2.75, 3.05) is 6.61 Å². The average Bonchev–Trinajstić information content (AvgIpc) is 2.78. The molecule has 0 amide bonds. The topological polar surface area (TPSA) is 55.4 Å². The van der Waals surface area contributed by atoms with Crippen LogP contribution < -0.4 is 4.72 Å². The predicted octanol–water partition coefficient (Wildman–Crippen LogP) is 1.79.